The van der Waals surface area contributed by atoms with Gasteiger partial charge in [0.2, 0.25) is 0 Å². The first-order chi connectivity index (χ1) is 14.7. The molecular weight excluding hydrogens is 375 g/mol. The maximum absolute atomic E-state index is 14.0. The number of hydrogen-bond acceptors (Lipinski definition) is 4. The van der Waals surface area contributed by atoms with Gasteiger partial charge in [-0.15, -0.1) is 0 Å². The van der Waals surface area contributed by atoms with Gasteiger partial charge in [0.25, 0.3) is 0 Å². The van der Waals surface area contributed by atoms with E-state index in [1.165, 1.54) is 16.8 Å². The minimum atomic E-state index is -0.115. The van der Waals surface area contributed by atoms with Crippen LogP contribution in [-0.4, -0.2) is 80.7 Å². The van der Waals surface area contributed by atoms with Crippen LogP contribution >= 0.6 is 0 Å². The second-order valence-corrected chi connectivity index (χ2v) is 8.77. The number of nitrogens with zero attached hydrogens (tertiary/aromatic N) is 4. The lowest BCUT2D eigenvalue weighted by Gasteiger charge is -2.37. The summed E-state index contributed by atoms with van der Waals surface area (Å²) in [5, 5.41) is 0. The predicted octanol–water partition coefficient (Wildman–Crippen LogP) is 3.33. The lowest BCUT2D eigenvalue weighted by Crippen LogP contribution is -2.46. The summed E-state index contributed by atoms with van der Waals surface area (Å²) in [7, 11) is 2.19. The summed E-state index contributed by atoms with van der Waals surface area (Å²) in [6.45, 7) is 10.8. The Balaban J connectivity index is 1.31. The molecule has 5 heteroatoms. The summed E-state index contributed by atoms with van der Waals surface area (Å²) in [6.07, 6.45) is 2.04. The van der Waals surface area contributed by atoms with Gasteiger partial charge in [-0.25, -0.2) is 4.39 Å². The highest BCUT2D eigenvalue weighted by Crippen LogP contribution is 2.25. The molecule has 4 nitrogen and oxygen atoms in total. The van der Waals surface area contributed by atoms with Crippen LogP contribution < -0.4 is 4.90 Å². The van der Waals surface area contributed by atoms with Gasteiger partial charge in [-0.3, -0.25) is 4.90 Å². The van der Waals surface area contributed by atoms with Crippen molar-refractivity contribution in [3.8, 4) is 0 Å². The molecule has 162 valence electrons. The highest BCUT2D eigenvalue weighted by atomic mass is 19.1. The molecule has 0 spiro atoms. The molecule has 2 fully saturated rings. The van der Waals surface area contributed by atoms with Crippen molar-refractivity contribution in [1.82, 2.24) is 14.7 Å². The van der Waals surface area contributed by atoms with E-state index in [-0.39, 0.29) is 5.82 Å². The fraction of sp³-hybridized carbons (Fsp3) is 0.520. The Morgan fingerprint density at radius 2 is 1.50 bits per heavy atom. The summed E-state index contributed by atoms with van der Waals surface area (Å²) in [5.74, 6) is -0.115. The number of piperazine rings is 2. The van der Waals surface area contributed by atoms with Gasteiger partial charge >= 0.3 is 0 Å². The molecule has 0 radical (unpaired) electrons. The van der Waals surface area contributed by atoms with Gasteiger partial charge in [-0.05, 0) is 55.8 Å². The van der Waals surface area contributed by atoms with Crippen LogP contribution in [0.1, 0.15) is 17.5 Å². The summed E-state index contributed by atoms with van der Waals surface area (Å²) in [6, 6.07) is 16.1. The van der Waals surface area contributed by atoms with Crippen molar-refractivity contribution in [2.45, 2.75) is 19.4 Å². The highest BCUT2D eigenvalue weighted by Gasteiger charge is 2.20. The monoisotopic (exact) mass is 410 g/mol. The van der Waals surface area contributed by atoms with E-state index in [9.17, 15) is 4.39 Å². The molecule has 4 rings (SSSR count). The van der Waals surface area contributed by atoms with Crippen molar-refractivity contribution in [1.29, 1.82) is 0 Å². The van der Waals surface area contributed by atoms with E-state index >= 15 is 0 Å². The third kappa shape index (κ3) is 5.81. The van der Waals surface area contributed by atoms with Crippen molar-refractivity contribution in [2.24, 2.45) is 0 Å². The maximum Gasteiger partial charge on any atom is 0.123 e. The fourth-order valence-electron chi connectivity index (χ4n) is 4.62. The Morgan fingerprint density at radius 3 is 2.23 bits per heavy atom. The third-order valence-corrected chi connectivity index (χ3v) is 6.52. The first kappa shape index (κ1) is 21.3. The van der Waals surface area contributed by atoms with E-state index in [0.717, 1.165) is 78.3 Å². The standard InChI is InChI=1S/C25H35FN4/c1-27-12-14-28(15-13-27)11-5-8-23-20-24(26)9-10-25(23)30-18-16-29(17-19-30)21-22-6-3-2-4-7-22/h2-4,6-7,9-10,20H,5,8,11-19,21H2,1H3. The second-order valence-electron chi connectivity index (χ2n) is 8.77. The van der Waals surface area contributed by atoms with E-state index in [1.807, 2.05) is 6.07 Å². The van der Waals surface area contributed by atoms with Crippen LogP contribution in [0.4, 0.5) is 10.1 Å². The van der Waals surface area contributed by atoms with Gasteiger partial charge in [-0.2, -0.15) is 0 Å². The molecule has 0 N–H and O–H groups in total. The highest BCUT2D eigenvalue weighted by molar-refractivity contribution is 5.54. The molecule has 2 aliphatic heterocycles. The molecule has 2 heterocycles. The molecule has 30 heavy (non-hydrogen) atoms. The largest absolute Gasteiger partial charge is 0.369 e. The van der Waals surface area contributed by atoms with Crippen LogP contribution in [0.2, 0.25) is 0 Å². The average Bonchev–Trinajstić information content (AvgIpc) is 2.77. The van der Waals surface area contributed by atoms with E-state index in [1.54, 1.807) is 12.1 Å². The Bertz CT molecular complexity index is 781. The molecule has 0 aliphatic carbocycles. The van der Waals surface area contributed by atoms with E-state index in [0.29, 0.717) is 0 Å². The van der Waals surface area contributed by atoms with Gasteiger partial charge in [0.15, 0.2) is 0 Å². The predicted molar refractivity (Wildman–Crippen MR) is 123 cm³/mol. The molecule has 2 saturated heterocycles. The van der Waals surface area contributed by atoms with Crippen molar-refractivity contribution in [3.05, 3.63) is 65.5 Å². The van der Waals surface area contributed by atoms with Gasteiger partial charge in [0, 0.05) is 64.6 Å². The molecule has 0 saturated carbocycles. The lowest BCUT2D eigenvalue weighted by atomic mass is 10.0. The number of hydrogen-bond donors (Lipinski definition) is 0. The molecule has 2 aliphatic rings. The second kappa shape index (κ2) is 10.4. The summed E-state index contributed by atoms with van der Waals surface area (Å²) < 4.78 is 14.0. The van der Waals surface area contributed by atoms with Crippen LogP contribution in [0, 0.1) is 5.82 Å². The molecule has 0 unspecified atom stereocenters. The normalized spacial score (nSPS) is 19.3. The summed E-state index contributed by atoms with van der Waals surface area (Å²) >= 11 is 0. The third-order valence-electron chi connectivity index (χ3n) is 6.52. The van der Waals surface area contributed by atoms with E-state index < -0.39 is 0 Å². The molecule has 2 aromatic rings. The van der Waals surface area contributed by atoms with Crippen LogP contribution in [0.15, 0.2) is 48.5 Å². The molecule has 2 aromatic carbocycles. The van der Waals surface area contributed by atoms with Crippen molar-refractivity contribution in [2.75, 3.05) is 70.9 Å². The van der Waals surface area contributed by atoms with Gasteiger partial charge in [0.1, 0.15) is 5.82 Å². The number of benzene rings is 2. The maximum atomic E-state index is 14.0. The van der Waals surface area contributed by atoms with E-state index in [4.69, 9.17) is 0 Å². The zero-order valence-electron chi connectivity index (χ0n) is 18.3. The Labute approximate surface area is 180 Å². The Hall–Kier alpha value is -1.95. The first-order valence-electron chi connectivity index (χ1n) is 11.4. The molecule has 0 amide bonds. The molecule has 0 atom stereocenters. The van der Waals surface area contributed by atoms with Crippen LogP contribution in [0.3, 0.4) is 0 Å². The van der Waals surface area contributed by atoms with Crippen molar-refractivity contribution < 1.29 is 4.39 Å². The minimum absolute atomic E-state index is 0.115. The molecule has 0 bridgehead atoms. The smallest absolute Gasteiger partial charge is 0.123 e. The zero-order chi connectivity index (χ0) is 20.8. The SMILES string of the molecule is CN1CCN(CCCc2cc(F)ccc2N2CCN(Cc3ccccc3)CC2)CC1. The Kier molecular flexibility index (Phi) is 7.37. The number of aryl methyl sites for hydroxylation is 1. The molecule has 0 aromatic heterocycles. The van der Waals surface area contributed by atoms with Crippen molar-refractivity contribution in [3.63, 3.8) is 0 Å². The fourth-order valence-corrected chi connectivity index (χ4v) is 4.62. The lowest BCUT2D eigenvalue weighted by molar-refractivity contribution is 0.153. The zero-order valence-corrected chi connectivity index (χ0v) is 18.3. The number of halogens is 1. The Morgan fingerprint density at radius 1 is 0.800 bits per heavy atom. The summed E-state index contributed by atoms with van der Waals surface area (Å²) in [4.78, 5) is 9.90. The van der Waals surface area contributed by atoms with Crippen molar-refractivity contribution >= 4 is 5.69 Å². The topological polar surface area (TPSA) is 13.0 Å². The average molecular weight is 411 g/mol. The van der Waals surface area contributed by atoms with Gasteiger partial charge < -0.3 is 14.7 Å². The van der Waals surface area contributed by atoms with Crippen LogP contribution in [-0.2, 0) is 13.0 Å². The van der Waals surface area contributed by atoms with E-state index in [2.05, 4.69) is 57.0 Å². The van der Waals surface area contributed by atoms with Gasteiger partial charge in [0.05, 0.1) is 0 Å². The van der Waals surface area contributed by atoms with Gasteiger partial charge in [-0.1, -0.05) is 30.3 Å². The van der Waals surface area contributed by atoms with Crippen LogP contribution in [0.25, 0.3) is 0 Å². The van der Waals surface area contributed by atoms with Crippen LogP contribution in [0.5, 0.6) is 0 Å². The number of anilines is 1. The number of rotatable bonds is 7. The summed E-state index contributed by atoms with van der Waals surface area (Å²) in [5.41, 5.74) is 3.77. The minimum Gasteiger partial charge on any atom is -0.369 e. The first-order valence-corrected chi connectivity index (χ1v) is 11.4. The number of likely N-dealkylation sites (N-methyl/N-ethyl adjacent to an activating group) is 1. The molecular formula is C25H35FN4. The quantitative estimate of drug-likeness (QED) is 0.694.